The first-order valence-corrected chi connectivity index (χ1v) is 15.5. The molecule has 1 saturated carbocycles. The molecular formula is C29H35FN4O5S2. The van der Waals surface area contributed by atoms with E-state index >= 15 is 4.39 Å². The summed E-state index contributed by atoms with van der Waals surface area (Å²) in [7, 11) is 0. The molecule has 0 radical (unpaired) electrons. The highest BCUT2D eigenvalue weighted by Gasteiger charge is 2.41. The quantitative estimate of drug-likeness (QED) is 0.367. The van der Waals surface area contributed by atoms with Gasteiger partial charge >= 0.3 is 11.9 Å². The number of carboxylic acid groups (broad SMARTS) is 1. The number of rotatable bonds is 6. The molecule has 3 aliphatic rings. The van der Waals surface area contributed by atoms with E-state index in [1.54, 1.807) is 22.4 Å². The van der Waals surface area contributed by atoms with Crippen LogP contribution in [0.3, 0.4) is 0 Å². The van der Waals surface area contributed by atoms with Gasteiger partial charge in [0.2, 0.25) is 5.43 Å². The Morgan fingerprint density at radius 1 is 1.15 bits per heavy atom. The summed E-state index contributed by atoms with van der Waals surface area (Å²) in [5, 5.41) is 14.5. The van der Waals surface area contributed by atoms with Gasteiger partial charge in [-0.2, -0.15) is 0 Å². The topological polar surface area (TPSA) is 104 Å². The van der Waals surface area contributed by atoms with Crippen LogP contribution in [0.5, 0.6) is 0 Å². The van der Waals surface area contributed by atoms with Gasteiger partial charge in [-0.05, 0) is 51.0 Å². The number of piperazine rings is 1. The third-order valence-corrected chi connectivity index (χ3v) is 9.97. The molecule has 2 aromatic rings. The summed E-state index contributed by atoms with van der Waals surface area (Å²) in [5.74, 6) is -2.00. The lowest BCUT2D eigenvalue weighted by Crippen LogP contribution is -2.51. The standard InChI is InChI=1S/C29H35FN4O5S2/c1-3-32-16-19(27(36)37)25(35)18-14-20(30)22(15-21(18)32)33-10-12-34(13-11-33)29(40)31-26-24(28(38)39-4-2)17-8-6-5-7-9-23(17)41-26/h14-17,23H,3-13H2,1-2H3,(H,31,40)(H,36,37)/t17-,23+/m1/s1. The number of aromatic carboxylic acids is 1. The first-order valence-electron chi connectivity index (χ1n) is 14.2. The van der Waals surface area contributed by atoms with Crippen LogP contribution >= 0.6 is 24.0 Å². The van der Waals surface area contributed by atoms with E-state index in [1.165, 1.54) is 12.6 Å². The zero-order valence-corrected chi connectivity index (χ0v) is 24.9. The van der Waals surface area contributed by atoms with Crippen LogP contribution in [0.2, 0.25) is 0 Å². The minimum absolute atomic E-state index is 0.0491. The predicted molar refractivity (Wildman–Crippen MR) is 162 cm³/mol. The summed E-state index contributed by atoms with van der Waals surface area (Å²) in [6.07, 6.45) is 6.80. The second-order valence-electron chi connectivity index (χ2n) is 10.6. The lowest BCUT2D eigenvalue weighted by molar-refractivity contribution is -0.139. The number of thiocarbonyl (C=S) groups is 1. The fraction of sp³-hybridized carbons (Fsp3) is 0.517. The van der Waals surface area contributed by atoms with Crippen molar-refractivity contribution in [3.8, 4) is 0 Å². The number of aromatic nitrogens is 1. The molecule has 0 amide bonds. The van der Waals surface area contributed by atoms with Crippen LogP contribution in [0, 0.1) is 11.7 Å². The molecule has 0 bridgehead atoms. The van der Waals surface area contributed by atoms with Crippen LogP contribution in [0.4, 0.5) is 10.1 Å². The largest absolute Gasteiger partial charge is 0.477 e. The molecule has 2 atom stereocenters. The zero-order chi connectivity index (χ0) is 29.3. The minimum atomic E-state index is -1.33. The number of thioether (sulfide) groups is 1. The van der Waals surface area contributed by atoms with Crippen molar-refractivity contribution in [1.29, 1.82) is 0 Å². The molecule has 5 rings (SSSR count). The van der Waals surface area contributed by atoms with Gasteiger partial charge in [-0.15, -0.1) is 11.8 Å². The highest BCUT2D eigenvalue weighted by Crippen LogP contribution is 2.47. The Morgan fingerprint density at radius 2 is 1.88 bits per heavy atom. The molecule has 2 aliphatic heterocycles. The number of hydrogen-bond donors (Lipinski definition) is 2. The van der Waals surface area contributed by atoms with Gasteiger partial charge in [0.05, 0.1) is 28.4 Å². The molecule has 1 saturated heterocycles. The van der Waals surface area contributed by atoms with Crippen LogP contribution in [-0.4, -0.2) is 69.7 Å². The Hall–Kier alpha value is -3.12. The van der Waals surface area contributed by atoms with Crippen LogP contribution in [0.15, 0.2) is 33.7 Å². The van der Waals surface area contributed by atoms with Crippen LogP contribution < -0.4 is 15.6 Å². The second-order valence-corrected chi connectivity index (χ2v) is 12.2. The van der Waals surface area contributed by atoms with Crippen molar-refractivity contribution in [2.45, 2.75) is 57.7 Å². The first-order chi connectivity index (χ1) is 19.7. The number of anilines is 1. The van der Waals surface area contributed by atoms with Crippen LogP contribution in [0.25, 0.3) is 10.9 Å². The maximum Gasteiger partial charge on any atom is 0.341 e. The smallest absolute Gasteiger partial charge is 0.341 e. The number of hydrogen-bond acceptors (Lipinski definition) is 7. The number of nitrogens with zero attached hydrogens (tertiary/aromatic N) is 3. The Labute approximate surface area is 247 Å². The van der Waals surface area contributed by atoms with E-state index in [0.717, 1.165) is 42.4 Å². The third-order valence-electron chi connectivity index (χ3n) is 8.18. The molecule has 220 valence electrons. The molecular weight excluding hydrogens is 567 g/mol. The lowest BCUT2D eigenvalue weighted by atomic mass is 9.92. The summed E-state index contributed by atoms with van der Waals surface area (Å²) in [6.45, 7) is 6.49. The van der Waals surface area contributed by atoms with Crippen molar-refractivity contribution < 1.29 is 23.8 Å². The van der Waals surface area contributed by atoms with E-state index in [0.29, 0.717) is 60.9 Å². The van der Waals surface area contributed by atoms with Crippen molar-refractivity contribution in [2.24, 2.45) is 5.92 Å². The molecule has 0 unspecified atom stereocenters. The van der Waals surface area contributed by atoms with Gasteiger partial charge in [0, 0.05) is 55.5 Å². The van der Waals surface area contributed by atoms with E-state index in [9.17, 15) is 19.5 Å². The monoisotopic (exact) mass is 602 g/mol. The molecule has 0 spiro atoms. The fourth-order valence-corrected chi connectivity index (χ4v) is 7.95. The lowest BCUT2D eigenvalue weighted by Gasteiger charge is -2.37. The molecule has 3 heterocycles. The van der Waals surface area contributed by atoms with Gasteiger partial charge in [0.15, 0.2) is 5.11 Å². The predicted octanol–water partition coefficient (Wildman–Crippen LogP) is 4.33. The van der Waals surface area contributed by atoms with E-state index < -0.39 is 17.2 Å². The summed E-state index contributed by atoms with van der Waals surface area (Å²) in [6, 6.07) is 2.77. The SMILES string of the molecule is CCOC(=O)C1=C(NC(=S)N2CCN(c3cc4c(cc3F)c(=O)c(C(=O)O)cn4CC)CC2)S[C@H]2CCCCC[C@@H]12. The van der Waals surface area contributed by atoms with Gasteiger partial charge in [-0.3, -0.25) is 4.79 Å². The second kappa shape index (κ2) is 12.4. The van der Waals surface area contributed by atoms with Gasteiger partial charge in [0.25, 0.3) is 0 Å². The van der Waals surface area contributed by atoms with E-state index in [1.807, 2.05) is 23.6 Å². The zero-order valence-electron chi connectivity index (χ0n) is 23.3. The van der Waals surface area contributed by atoms with Crippen molar-refractivity contribution >= 4 is 57.6 Å². The average Bonchev–Trinajstić information content (AvgIpc) is 3.13. The maximum absolute atomic E-state index is 15.3. The Balaban J connectivity index is 1.32. The first kappa shape index (κ1) is 29.4. The number of halogens is 1. The number of benzene rings is 1. The van der Waals surface area contributed by atoms with E-state index in [2.05, 4.69) is 5.32 Å². The molecule has 1 aliphatic carbocycles. The molecule has 1 aromatic carbocycles. The minimum Gasteiger partial charge on any atom is -0.477 e. The van der Waals surface area contributed by atoms with Gasteiger partial charge in [0.1, 0.15) is 11.4 Å². The van der Waals surface area contributed by atoms with Crippen LogP contribution in [0.1, 0.15) is 56.3 Å². The Bertz CT molecular complexity index is 1470. The van der Waals surface area contributed by atoms with Crippen molar-refractivity contribution in [2.75, 3.05) is 37.7 Å². The normalized spacial score (nSPS) is 21.0. The molecule has 9 nitrogen and oxygen atoms in total. The van der Waals surface area contributed by atoms with Crippen molar-refractivity contribution in [3.05, 3.63) is 50.5 Å². The number of nitrogens with one attached hydrogen (secondary N) is 1. The Morgan fingerprint density at radius 3 is 2.56 bits per heavy atom. The molecule has 1 aromatic heterocycles. The molecule has 2 fully saturated rings. The number of carbonyl (C=O) groups is 2. The number of esters is 1. The summed E-state index contributed by atoms with van der Waals surface area (Å²) >= 11 is 7.47. The van der Waals surface area contributed by atoms with E-state index in [-0.39, 0.29) is 22.8 Å². The number of aryl methyl sites for hydroxylation is 1. The van der Waals surface area contributed by atoms with Gasteiger partial charge in [-0.25, -0.2) is 14.0 Å². The molecule has 41 heavy (non-hydrogen) atoms. The fourth-order valence-electron chi connectivity index (χ4n) is 6.06. The van der Waals surface area contributed by atoms with Crippen LogP contribution in [-0.2, 0) is 16.1 Å². The highest BCUT2D eigenvalue weighted by molar-refractivity contribution is 8.04. The molecule has 12 heteroatoms. The van der Waals surface area contributed by atoms with E-state index in [4.69, 9.17) is 17.0 Å². The summed E-state index contributed by atoms with van der Waals surface area (Å²) < 4.78 is 22.4. The van der Waals surface area contributed by atoms with Gasteiger partial charge in [-0.1, -0.05) is 19.3 Å². The number of carboxylic acids is 1. The maximum atomic E-state index is 15.3. The Kier molecular flexibility index (Phi) is 8.88. The number of pyridine rings is 1. The average molecular weight is 603 g/mol. The highest BCUT2D eigenvalue weighted by atomic mass is 32.2. The van der Waals surface area contributed by atoms with Crippen molar-refractivity contribution in [1.82, 2.24) is 14.8 Å². The number of carbonyl (C=O) groups excluding carboxylic acids is 1. The summed E-state index contributed by atoms with van der Waals surface area (Å²) in [5.41, 5.74) is 0.501. The summed E-state index contributed by atoms with van der Waals surface area (Å²) in [4.78, 5) is 41.1. The molecule has 2 N–H and O–H groups in total. The van der Waals surface area contributed by atoms with Crippen molar-refractivity contribution in [3.63, 3.8) is 0 Å². The van der Waals surface area contributed by atoms with Gasteiger partial charge < -0.3 is 29.5 Å². The third kappa shape index (κ3) is 5.81. The number of fused-ring (bicyclic) bond motifs is 2. The number of ether oxygens (including phenoxy) is 1.